The van der Waals surface area contributed by atoms with Crippen LogP contribution in [-0.4, -0.2) is 26.2 Å². The zero-order valence-electron chi connectivity index (χ0n) is 6.60. The summed E-state index contributed by atoms with van der Waals surface area (Å²) in [4.78, 5) is 0. The fourth-order valence-electron chi connectivity index (χ4n) is 0.596. The van der Waals surface area contributed by atoms with E-state index in [9.17, 15) is 8.42 Å². The number of hydrogen-bond donors (Lipinski definition) is 1. The molecule has 72 valence electrons. The maximum absolute atomic E-state index is 9.49. The third-order valence-electron chi connectivity index (χ3n) is 1.02. The molecule has 1 aliphatic heterocycles. The summed E-state index contributed by atoms with van der Waals surface area (Å²) in [5, 5.41) is 0. The van der Waals surface area contributed by atoms with Crippen LogP contribution in [0.1, 0.15) is 12.8 Å². The van der Waals surface area contributed by atoms with Gasteiger partial charge in [0.15, 0.2) is 0 Å². The third kappa shape index (κ3) is 9.41. The molecule has 12 heavy (non-hydrogen) atoms. The molecule has 1 saturated heterocycles. The predicted octanol–water partition coefficient (Wildman–Crippen LogP) is 0.746. The number of ether oxygens (including phenoxy) is 1. The van der Waals surface area contributed by atoms with Crippen molar-refractivity contribution in [1.29, 1.82) is 0 Å². The van der Waals surface area contributed by atoms with E-state index in [-0.39, 0.29) is 0 Å². The van der Waals surface area contributed by atoms with Gasteiger partial charge in [-0.25, -0.2) is 0 Å². The van der Waals surface area contributed by atoms with Crippen LogP contribution in [0.4, 0.5) is 0 Å². The molecule has 0 aromatic heterocycles. The lowest BCUT2D eigenvalue weighted by molar-refractivity contribution is 0.198. The molecule has 6 heteroatoms. The van der Waals surface area contributed by atoms with Crippen molar-refractivity contribution in [2.24, 2.45) is 0 Å². The molecule has 5 nitrogen and oxygen atoms in total. The Hall–Kier alpha value is -0.590. The lowest BCUT2D eigenvalue weighted by Crippen LogP contribution is -1.96. The van der Waals surface area contributed by atoms with Gasteiger partial charge in [-0.2, -0.15) is 8.42 Å². The first-order valence-corrected chi connectivity index (χ1v) is 4.77. The molecule has 0 aromatic rings. The molecule has 0 aliphatic carbocycles. The normalized spacial score (nSPS) is 16.1. The molecular formula is C6H12O5S. The molecule has 1 aliphatic rings. The first kappa shape index (κ1) is 11.4. The van der Waals surface area contributed by atoms with Gasteiger partial charge in [-0.1, -0.05) is 6.58 Å². The average Bonchev–Trinajstić information content (AvgIpc) is 2.38. The van der Waals surface area contributed by atoms with E-state index in [0.29, 0.717) is 6.26 Å². The van der Waals surface area contributed by atoms with E-state index in [2.05, 4.69) is 10.8 Å². The van der Waals surface area contributed by atoms with Gasteiger partial charge in [0.05, 0.1) is 0 Å². The van der Waals surface area contributed by atoms with Gasteiger partial charge in [0, 0.05) is 13.2 Å². The van der Waals surface area contributed by atoms with E-state index >= 15 is 0 Å². The highest BCUT2D eigenvalue weighted by molar-refractivity contribution is 7.81. The Labute approximate surface area is 71.9 Å². The monoisotopic (exact) mass is 196 g/mol. The molecule has 1 rings (SSSR count). The Bertz CT molecular complexity index is 196. The van der Waals surface area contributed by atoms with E-state index in [0.717, 1.165) is 13.2 Å². The summed E-state index contributed by atoms with van der Waals surface area (Å²) in [6, 6.07) is 0. The van der Waals surface area contributed by atoms with Crippen LogP contribution >= 0.6 is 0 Å². The highest BCUT2D eigenvalue weighted by Gasteiger charge is 1.96. The minimum atomic E-state index is -4.29. The van der Waals surface area contributed by atoms with Crippen LogP contribution in [0.15, 0.2) is 12.8 Å². The van der Waals surface area contributed by atoms with Gasteiger partial charge in [-0.15, -0.1) is 0 Å². The summed E-state index contributed by atoms with van der Waals surface area (Å²) in [6.07, 6.45) is 3.18. The highest BCUT2D eigenvalue weighted by Crippen LogP contribution is 1.98. The summed E-state index contributed by atoms with van der Waals surface area (Å²) in [7, 11) is -4.29. The van der Waals surface area contributed by atoms with Crippen molar-refractivity contribution in [2.75, 3.05) is 13.2 Å². The molecule has 0 saturated carbocycles. The van der Waals surface area contributed by atoms with Crippen molar-refractivity contribution in [2.45, 2.75) is 12.8 Å². The zero-order chi connectivity index (χ0) is 9.45. The standard InChI is InChI=1S/C4H8O.C2H4O4S/c1-2-4-5-3-1;1-2-6-7(3,4)5/h1-4H2;2H,1H2,(H,3,4,5). The van der Waals surface area contributed by atoms with Crippen LogP contribution in [0.5, 0.6) is 0 Å². The molecule has 1 N–H and O–H groups in total. The van der Waals surface area contributed by atoms with Gasteiger partial charge in [0.2, 0.25) is 0 Å². The van der Waals surface area contributed by atoms with Gasteiger partial charge in [-0.05, 0) is 12.8 Å². The fourth-order valence-corrected chi connectivity index (χ4v) is 0.768. The van der Waals surface area contributed by atoms with E-state index in [1.165, 1.54) is 12.8 Å². The molecule has 0 radical (unpaired) electrons. The molecule has 0 aromatic carbocycles. The Balaban J connectivity index is 0.000000211. The third-order valence-corrected chi connectivity index (χ3v) is 1.40. The van der Waals surface area contributed by atoms with E-state index in [1.807, 2.05) is 0 Å². The molecular weight excluding hydrogens is 184 g/mol. The lowest BCUT2D eigenvalue weighted by atomic mass is 10.4. The number of hydrogen-bond acceptors (Lipinski definition) is 4. The first-order chi connectivity index (χ1) is 5.56. The smallest absolute Gasteiger partial charge is 0.381 e. The van der Waals surface area contributed by atoms with Crippen molar-refractivity contribution in [3.8, 4) is 0 Å². The molecule has 1 heterocycles. The van der Waals surface area contributed by atoms with Crippen LogP contribution in [-0.2, 0) is 19.3 Å². The Morgan fingerprint density at radius 2 is 1.92 bits per heavy atom. The second kappa shape index (κ2) is 5.99. The van der Waals surface area contributed by atoms with Crippen LogP contribution < -0.4 is 0 Å². The van der Waals surface area contributed by atoms with Gasteiger partial charge in [0.25, 0.3) is 0 Å². The molecule has 0 amide bonds. The van der Waals surface area contributed by atoms with Gasteiger partial charge in [-0.3, -0.25) is 4.55 Å². The fraction of sp³-hybridized carbons (Fsp3) is 0.667. The average molecular weight is 196 g/mol. The Morgan fingerprint density at radius 1 is 1.42 bits per heavy atom. The van der Waals surface area contributed by atoms with Crippen molar-refractivity contribution in [3.63, 3.8) is 0 Å². The summed E-state index contributed by atoms with van der Waals surface area (Å²) in [5.74, 6) is 0. The van der Waals surface area contributed by atoms with Crippen LogP contribution in [0.2, 0.25) is 0 Å². The van der Waals surface area contributed by atoms with E-state index in [4.69, 9.17) is 9.29 Å². The highest BCUT2D eigenvalue weighted by atomic mass is 32.3. The van der Waals surface area contributed by atoms with Crippen molar-refractivity contribution in [1.82, 2.24) is 0 Å². The zero-order valence-corrected chi connectivity index (χ0v) is 7.42. The van der Waals surface area contributed by atoms with Crippen molar-refractivity contribution < 1.29 is 21.9 Å². The second-order valence-electron chi connectivity index (χ2n) is 2.01. The predicted molar refractivity (Wildman–Crippen MR) is 42.9 cm³/mol. The SMILES string of the molecule is C1CCOC1.C=COS(=O)(=O)O. The maximum Gasteiger partial charge on any atom is 0.445 e. The van der Waals surface area contributed by atoms with Crippen molar-refractivity contribution in [3.05, 3.63) is 12.8 Å². The van der Waals surface area contributed by atoms with E-state index < -0.39 is 10.4 Å². The first-order valence-electron chi connectivity index (χ1n) is 3.40. The van der Waals surface area contributed by atoms with Crippen LogP contribution in [0, 0.1) is 0 Å². The topological polar surface area (TPSA) is 72.8 Å². The molecule has 0 atom stereocenters. The molecule has 0 bridgehead atoms. The van der Waals surface area contributed by atoms with Crippen LogP contribution in [0.3, 0.4) is 0 Å². The summed E-state index contributed by atoms with van der Waals surface area (Å²) < 4.78 is 35.1. The minimum absolute atomic E-state index is 0.620. The minimum Gasteiger partial charge on any atom is -0.381 e. The Morgan fingerprint density at radius 3 is 2.00 bits per heavy atom. The molecule has 1 fully saturated rings. The number of rotatable bonds is 2. The summed E-state index contributed by atoms with van der Waals surface area (Å²) in [5.41, 5.74) is 0. The second-order valence-corrected chi connectivity index (χ2v) is 3.06. The quantitative estimate of drug-likeness (QED) is 0.521. The molecule has 0 unspecified atom stereocenters. The lowest BCUT2D eigenvalue weighted by Gasteiger charge is -1.86. The molecule has 0 spiro atoms. The van der Waals surface area contributed by atoms with Gasteiger partial charge < -0.3 is 8.92 Å². The summed E-state index contributed by atoms with van der Waals surface area (Å²) >= 11 is 0. The largest absolute Gasteiger partial charge is 0.445 e. The van der Waals surface area contributed by atoms with Crippen LogP contribution in [0.25, 0.3) is 0 Å². The van der Waals surface area contributed by atoms with Gasteiger partial charge in [0.1, 0.15) is 6.26 Å². The summed E-state index contributed by atoms with van der Waals surface area (Å²) in [6.45, 7) is 4.88. The van der Waals surface area contributed by atoms with Crippen molar-refractivity contribution >= 4 is 10.4 Å². The van der Waals surface area contributed by atoms with E-state index in [1.54, 1.807) is 0 Å². The van der Waals surface area contributed by atoms with Gasteiger partial charge >= 0.3 is 10.4 Å². The maximum atomic E-state index is 9.49. The Kier molecular flexibility index (Phi) is 5.69.